The lowest BCUT2D eigenvalue weighted by atomic mass is 10.1. The molecule has 0 aliphatic carbocycles. The number of aliphatic hydroxyl groups excluding tert-OH is 1. The second kappa shape index (κ2) is 6.59. The summed E-state index contributed by atoms with van der Waals surface area (Å²) in [5.41, 5.74) is 2.11. The first-order chi connectivity index (χ1) is 10.0. The summed E-state index contributed by atoms with van der Waals surface area (Å²) in [5.74, 6) is 0.418. The molecule has 0 bridgehead atoms. The molecule has 112 valence electrons. The maximum atomic E-state index is 13.9. The Bertz CT molecular complexity index is 596. The van der Waals surface area contributed by atoms with Crippen LogP contribution in [-0.2, 0) is 6.54 Å². The average Bonchev–Trinajstić information content (AvgIpc) is 2.47. The molecule has 2 aromatic carbocycles. The van der Waals surface area contributed by atoms with E-state index in [0.29, 0.717) is 17.8 Å². The van der Waals surface area contributed by atoms with Crippen LogP contribution in [0.5, 0.6) is 5.75 Å². The van der Waals surface area contributed by atoms with Gasteiger partial charge in [-0.2, -0.15) is 0 Å². The summed E-state index contributed by atoms with van der Waals surface area (Å²) in [6.45, 7) is 2.19. The van der Waals surface area contributed by atoms with Crippen LogP contribution in [0.3, 0.4) is 0 Å². The Hall–Kier alpha value is -2.07. The predicted octanol–water partition coefficient (Wildman–Crippen LogP) is 3.52. The molecule has 1 N–H and O–H groups in total. The van der Waals surface area contributed by atoms with Crippen LogP contribution in [0.1, 0.15) is 24.2 Å². The molecule has 2 aromatic rings. The molecule has 0 saturated carbocycles. The zero-order valence-electron chi connectivity index (χ0n) is 12.5. The summed E-state index contributed by atoms with van der Waals surface area (Å²) in [4.78, 5) is 1.92. The molecular formula is C17H20FNO2. The van der Waals surface area contributed by atoms with E-state index in [1.165, 1.54) is 6.07 Å². The molecule has 21 heavy (non-hydrogen) atoms. The smallest absolute Gasteiger partial charge is 0.131 e. The standard InChI is InChI=1S/C17H20FNO2/c1-12(20)17-15(18)5-4-6-16(17)19(2)11-13-7-9-14(21-3)10-8-13/h4-10,12,20H,11H2,1-3H3. The van der Waals surface area contributed by atoms with Gasteiger partial charge in [-0.1, -0.05) is 18.2 Å². The highest BCUT2D eigenvalue weighted by Crippen LogP contribution is 2.29. The highest BCUT2D eigenvalue weighted by atomic mass is 19.1. The monoisotopic (exact) mass is 289 g/mol. The van der Waals surface area contributed by atoms with Gasteiger partial charge in [-0.25, -0.2) is 4.39 Å². The molecule has 2 rings (SSSR count). The van der Waals surface area contributed by atoms with Crippen LogP contribution in [0.2, 0.25) is 0 Å². The number of ether oxygens (including phenoxy) is 1. The normalized spacial score (nSPS) is 12.0. The maximum absolute atomic E-state index is 13.9. The molecule has 0 amide bonds. The molecular weight excluding hydrogens is 269 g/mol. The number of aliphatic hydroxyl groups is 1. The van der Waals surface area contributed by atoms with Crippen LogP contribution in [-0.4, -0.2) is 19.3 Å². The number of anilines is 1. The largest absolute Gasteiger partial charge is 0.497 e. The van der Waals surface area contributed by atoms with E-state index in [-0.39, 0.29) is 5.82 Å². The molecule has 0 aliphatic heterocycles. The second-order valence-electron chi connectivity index (χ2n) is 5.05. The van der Waals surface area contributed by atoms with Gasteiger partial charge >= 0.3 is 0 Å². The van der Waals surface area contributed by atoms with E-state index >= 15 is 0 Å². The van der Waals surface area contributed by atoms with Crippen molar-refractivity contribution in [3.8, 4) is 5.75 Å². The van der Waals surface area contributed by atoms with E-state index < -0.39 is 6.10 Å². The van der Waals surface area contributed by atoms with Gasteiger partial charge in [0.15, 0.2) is 0 Å². The molecule has 3 nitrogen and oxygen atoms in total. The zero-order valence-corrected chi connectivity index (χ0v) is 12.5. The molecule has 0 spiro atoms. The van der Waals surface area contributed by atoms with Crippen LogP contribution in [0.15, 0.2) is 42.5 Å². The van der Waals surface area contributed by atoms with Crippen LogP contribution in [0, 0.1) is 5.82 Å². The Morgan fingerprint density at radius 1 is 1.19 bits per heavy atom. The van der Waals surface area contributed by atoms with Crippen molar-refractivity contribution in [1.82, 2.24) is 0 Å². The van der Waals surface area contributed by atoms with E-state index in [2.05, 4.69) is 0 Å². The van der Waals surface area contributed by atoms with Crippen molar-refractivity contribution in [3.63, 3.8) is 0 Å². The topological polar surface area (TPSA) is 32.7 Å². The Labute approximate surface area is 124 Å². The Balaban J connectivity index is 2.23. The van der Waals surface area contributed by atoms with E-state index in [4.69, 9.17) is 4.74 Å². The molecule has 0 saturated heterocycles. The van der Waals surface area contributed by atoms with Gasteiger partial charge in [0, 0.05) is 24.8 Å². The lowest BCUT2D eigenvalue weighted by Gasteiger charge is -2.24. The summed E-state index contributed by atoms with van der Waals surface area (Å²) in [5, 5.41) is 9.79. The van der Waals surface area contributed by atoms with Gasteiger partial charge in [0.2, 0.25) is 0 Å². The quantitative estimate of drug-likeness (QED) is 0.914. The van der Waals surface area contributed by atoms with Crippen LogP contribution in [0.4, 0.5) is 10.1 Å². The van der Waals surface area contributed by atoms with Crippen molar-refractivity contribution in [3.05, 3.63) is 59.4 Å². The maximum Gasteiger partial charge on any atom is 0.131 e. The third-order valence-corrected chi connectivity index (χ3v) is 3.44. The lowest BCUT2D eigenvalue weighted by Crippen LogP contribution is -2.19. The molecule has 0 heterocycles. The van der Waals surface area contributed by atoms with E-state index in [1.54, 1.807) is 20.1 Å². The van der Waals surface area contributed by atoms with E-state index in [1.807, 2.05) is 42.3 Å². The third kappa shape index (κ3) is 3.52. The number of nitrogens with zero attached hydrogens (tertiary/aromatic N) is 1. The number of hydrogen-bond acceptors (Lipinski definition) is 3. The fourth-order valence-electron chi connectivity index (χ4n) is 2.36. The van der Waals surface area contributed by atoms with Gasteiger partial charge in [0.1, 0.15) is 11.6 Å². The Kier molecular flexibility index (Phi) is 4.81. The van der Waals surface area contributed by atoms with Gasteiger partial charge in [-0.3, -0.25) is 0 Å². The fourth-order valence-corrected chi connectivity index (χ4v) is 2.36. The minimum atomic E-state index is -0.848. The van der Waals surface area contributed by atoms with Crippen LogP contribution in [0.25, 0.3) is 0 Å². The molecule has 0 radical (unpaired) electrons. The highest BCUT2D eigenvalue weighted by Gasteiger charge is 2.16. The minimum absolute atomic E-state index is 0.327. The Morgan fingerprint density at radius 2 is 1.86 bits per heavy atom. The molecule has 0 aromatic heterocycles. The Morgan fingerprint density at radius 3 is 2.43 bits per heavy atom. The van der Waals surface area contributed by atoms with Gasteiger partial charge < -0.3 is 14.7 Å². The van der Waals surface area contributed by atoms with Crippen molar-refractivity contribution < 1.29 is 14.2 Å². The molecule has 1 atom stereocenters. The first-order valence-corrected chi connectivity index (χ1v) is 6.83. The first kappa shape index (κ1) is 15.3. The second-order valence-corrected chi connectivity index (χ2v) is 5.05. The summed E-state index contributed by atoms with van der Waals surface area (Å²) in [6, 6.07) is 12.6. The van der Waals surface area contributed by atoms with Crippen LogP contribution < -0.4 is 9.64 Å². The highest BCUT2D eigenvalue weighted by molar-refractivity contribution is 5.55. The van der Waals surface area contributed by atoms with Crippen molar-refractivity contribution >= 4 is 5.69 Å². The van der Waals surface area contributed by atoms with Gasteiger partial charge in [-0.15, -0.1) is 0 Å². The summed E-state index contributed by atoms with van der Waals surface area (Å²) >= 11 is 0. The summed E-state index contributed by atoms with van der Waals surface area (Å²) in [7, 11) is 3.51. The predicted molar refractivity (Wildman–Crippen MR) is 82.1 cm³/mol. The van der Waals surface area contributed by atoms with Gasteiger partial charge in [0.05, 0.1) is 13.2 Å². The summed E-state index contributed by atoms with van der Waals surface area (Å²) < 4.78 is 19.0. The molecule has 1 unspecified atom stereocenters. The van der Waals surface area contributed by atoms with E-state index in [9.17, 15) is 9.50 Å². The van der Waals surface area contributed by atoms with Crippen molar-refractivity contribution in [2.75, 3.05) is 19.1 Å². The number of methoxy groups -OCH3 is 1. The number of hydrogen-bond donors (Lipinski definition) is 1. The van der Waals surface area contributed by atoms with E-state index in [0.717, 1.165) is 11.3 Å². The van der Waals surface area contributed by atoms with Gasteiger partial charge in [0.25, 0.3) is 0 Å². The number of halogens is 1. The molecule has 4 heteroatoms. The molecule has 0 aliphatic rings. The van der Waals surface area contributed by atoms with Crippen molar-refractivity contribution in [1.29, 1.82) is 0 Å². The minimum Gasteiger partial charge on any atom is -0.497 e. The summed E-state index contributed by atoms with van der Waals surface area (Å²) in [6.07, 6.45) is -0.848. The first-order valence-electron chi connectivity index (χ1n) is 6.83. The molecule has 0 fully saturated rings. The number of benzene rings is 2. The van der Waals surface area contributed by atoms with Gasteiger partial charge in [-0.05, 0) is 36.8 Å². The van der Waals surface area contributed by atoms with Crippen LogP contribution >= 0.6 is 0 Å². The third-order valence-electron chi connectivity index (χ3n) is 3.44. The SMILES string of the molecule is COc1ccc(CN(C)c2cccc(F)c2C(C)O)cc1. The van der Waals surface area contributed by atoms with Crippen molar-refractivity contribution in [2.24, 2.45) is 0 Å². The number of rotatable bonds is 5. The lowest BCUT2D eigenvalue weighted by molar-refractivity contribution is 0.194. The average molecular weight is 289 g/mol. The van der Waals surface area contributed by atoms with Crippen molar-refractivity contribution in [2.45, 2.75) is 19.6 Å². The fraction of sp³-hybridized carbons (Fsp3) is 0.294. The zero-order chi connectivity index (χ0) is 15.4.